The Bertz CT molecular complexity index is 938. The molecule has 2 aromatic carbocycles. The van der Waals surface area contributed by atoms with Gasteiger partial charge in [-0.1, -0.05) is 23.7 Å². The SMILES string of the molecule is CN(Cc1cc([N+](=O)[O-])ccc1Cl)C(=O)c1cccc2cn[nH]c12. The molecule has 0 aliphatic heterocycles. The molecule has 8 heteroatoms. The standard InChI is InChI=1S/C16H13ClN4O3/c1-20(9-11-7-12(21(23)24)5-6-14(11)17)16(22)13-4-2-3-10-8-18-19-15(10)13/h2-8H,9H2,1H3,(H,18,19). The molecule has 1 amide bonds. The molecule has 0 aliphatic carbocycles. The molecule has 1 heterocycles. The highest BCUT2D eigenvalue weighted by atomic mass is 35.5. The van der Waals surface area contributed by atoms with Crippen LogP contribution < -0.4 is 0 Å². The van der Waals surface area contributed by atoms with E-state index in [1.165, 1.54) is 23.1 Å². The van der Waals surface area contributed by atoms with Gasteiger partial charge in [-0.2, -0.15) is 5.10 Å². The first-order chi connectivity index (χ1) is 11.5. The number of para-hydroxylation sites is 1. The van der Waals surface area contributed by atoms with Crippen molar-refractivity contribution in [2.24, 2.45) is 0 Å². The van der Waals surface area contributed by atoms with Gasteiger partial charge in [-0.3, -0.25) is 20.0 Å². The van der Waals surface area contributed by atoms with Crippen molar-refractivity contribution in [1.82, 2.24) is 15.1 Å². The van der Waals surface area contributed by atoms with Gasteiger partial charge in [0.05, 0.1) is 22.2 Å². The maximum absolute atomic E-state index is 12.7. The predicted molar refractivity (Wildman–Crippen MR) is 90.0 cm³/mol. The first-order valence-electron chi connectivity index (χ1n) is 7.07. The zero-order chi connectivity index (χ0) is 17.3. The Morgan fingerprint density at radius 3 is 2.92 bits per heavy atom. The summed E-state index contributed by atoms with van der Waals surface area (Å²) in [7, 11) is 1.62. The minimum atomic E-state index is -0.493. The topological polar surface area (TPSA) is 92.1 Å². The molecule has 3 aromatic rings. The van der Waals surface area contributed by atoms with Gasteiger partial charge in [-0.15, -0.1) is 0 Å². The second-order valence-corrected chi connectivity index (χ2v) is 5.74. The molecule has 0 unspecified atom stereocenters. The number of nitrogens with one attached hydrogen (secondary N) is 1. The largest absolute Gasteiger partial charge is 0.337 e. The average molecular weight is 345 g/mol. The molecule has 0 fully saturated rings. The summed E-state index contributed by atoms with van der Waals surface area (Å²) in [6, 6.07) is 9.51. The van der Waals surface area contributed by atoms with Gasteiger partial charge in [-0.05, 0) is 17.7 Å². The maximum atomic E-state index is 12.7. The Morgan fingerprint density at radius 2 is 2.17 bits per heavy atom. The molecule has 0 saturated heterocycles. The lowest BCUT2D eigenvalue weighted by molar-refractivity contribution is -0.384. The summed E-state index contributed by atoms with van der Waals surface area (Å²) in [6.45, 7) is 0.157. The quantitative estimate of drug-likeness (QED) is 0.580. The van der Waals surface area contributed by atoms with Crippen LogP contribution in [-0.4, -0.2) is 33.0 Å². The van der Waals surface area contributed by atoms with Crippen LogP contribution in [0.4, 0.5) is 5.69 Å². The van der Waals surface area contributed by atoms with Gasteiger partial charge in [-0.25, -0.2) is 0 Å². The predicted octanol–water partition coefficient (Wildman–Crippen LogP) is 3.40. The Kier molecular flexibility index (Phi) is 4.18. The molecule has 0 aliphatic rings. The molecule has 0 radical (unpaired) electrons. The van der Waals surface area contributed by atoms with Gasteiger partial charge in [0.1, 0.15) is 0 Å². The van der Waals surface area contributed by atoms with Crippen molar-refractivity contribution in [3.8, 4) is 0 Å². The Balaban J connectivity index is 1.88. The van der Waals surface area contributed by atoms with E-state index >= 15 is 0 Å². The fourth-order valence-electron chi connectivity index (χ4n) is 2.48. The van der Waals surface area contributed by atoms with Gasteiger partial charge in [0, 0.05) is 36.1 Å². The highest BCUT2D eigenvalue weighted by Gasteiger charge is 2.18. The number of nitro groups is 1. The third kappa shape index (κ3) is 2.93. The summed E-state index contributed by atoms with van der Waals surface area (Å²) in [5.41, 5.74) is 1.58. The number of nitro benzene ring substituents is 1. The fourth-order valence-corrected chi connectivity index (χ4v) is 2.65. The first-order valence-corrected chi connectivity index (χ1v) is 7.45. The van der Waals surface area contributed by atoms with E-state index in [1.807, 2.05) is 6.07 Å². The summed E-state index contributed by atoms with van der Waals surface area (Å²) < 4.78 is 0. The van der Waals surface area contributed by atoms with Crippen molar-refractivity contribution in [2.45, 2.75) is 6.54 Å². The summed E-state index contributed by atoms with van der Waals surface area (Å²) in [6.07, 6.45) is 1.64. The number of hydrogen-bond donors (Lipinski definition) is 1. The smallest absolute Gasteiger partial charge is 0.269 e. The van der Waals surface area contributed by atoms with E-state index in [2.05, 4.69) is 10.2 Å². The lowest BCUT2D eigenvalue weighted by Gasteiger charge is -2.18. The number of carbonyl (C=O) groups excluding carboxylic acids is 1. The molecule has 0 saturated carbocycles. The van der Waals surface area contributed by atoms with Crippen LogP contribution in [0, 0.1) is 10.1 Å². The number of halogens is 1. The second kappa shape index (κ2) is 6.29. The number of aromatic amines is 1. The van der Waals surface area contributed by atoms with Crippen molar-refractivity contribution in [3.05, 3.63) is 68.9 Å². The van der Waals surface area contributed by atoms with E-state index in [4.69, 9.17) is 11.6 Å². The number of benzene rings is 2. The van der Waals surface area contributed by atoms with E-state index in [-0.39, 0.29) is 18.1 Å². The first kappa shape index (κ1) is 15.9. The maximum Gasteiger partial charge on any atom is 0.269 e. The summed E-state index contributed by atoms with van der Waals surface area (Å²) in [4.78, 5) is 24.6. The van der Waals surface area contributed by atoms with Crippen LogP contribution in [0.5, 0.6) is 0 Å². The van der Waals surface area contributed by atoms with Crippen molar-refractivity contribution >= 4 is 34.1 Å². The number of rotatable bonds is 4. The molecular weight excluding hydrogens is 332 g/mol. The normalized spacial score (nSPS) is 10.8. The van der Waals surface area contributed by atoms with Crippen molar-refractivity contribution in [1.29, 1.82) is 0 Å². The fraction of sp³-hybridized carbons (Fsp3) is 0.125. The monoisotopic (exact) mass is 344 g/mol. The van der Waals surface area contributed by atoms with E-state index < -0.39 is 4.92 Å². The molecule has 0 bridgehead atoms. The second-order valence-electron chi connectivity index (χ2n) is 5.33. The zero-order valence-electron chi connectivity index (χ0n) is 12.7. The molecule has 1 N–H and O–H groups in total. The van der Waals surface area contributed by atoms with Crippen molar-refractivity contribution < 1.29 is 9.72 Å². The van der Waals surface area contributed by atoms with Crippen LogP contribution in [0.3, 0.4) is 0 Å². The van der Waals surface area contributed by atoms with Crippen molar-refractivity contribution in [2.75, 3.05) is 7.05 Å². The van der Waals surface area contributed by atoms with Crippen molar-refractivity contribution in [3.63, 3.8) is 0 Å². The highest BCUT2D eigenvalue weighted by molar-refractivity contribution is 6.31. The van der Waals surface area contributed by atoms with E-state index in [1.54, 1.807) is 25.4 Å². The third-order valence-electron chi connectivity index (χ3n) is 3.70. The summed E-state index contributed by atoms with van der Waals surface area (Å²) >= 11 is 6.10. The number of nitrogens with zero attached hydrogens (tertiary/aromatic N) is 3. The molecule has 1 aromatic heterocycles. The van der Waals surface area contributed by atoms with Gasteiger partial charge >= 0.3 is 0 Å². The Labute approximate surface area is 142 Å². The van der Waals surface area contributed by atoms with Crippen LogP contribution in [0.1, 0.15) is 15.9 Å². The Morgan fingerprint density at radius 1 is 1.38 bits per heavy atom. The van der Waals surface area contributed by atoms with Crippen LogP contribution in [-0.2, 0) is 6.54 Å². The Hall–Kier alpha value is -2.93. The molecule has 0 spiro atoms. The lowest BCUT2D eigenvalue weighted by atomic mass is 10.1. The molecule has 122 valence electrons. The number of non-ortho nitro benzene ring substituents is 1. The molecular formula is C16H13ClN4O3. The number of carbonyl (C=O) groups is 1. The van der Waals surface area contributed by atoms with Gasteiger partial charge < -0.3 is 4.90 Å². The lowest BCUT2D eigenvalue weighted by Crippen LogP contribution is -2.26. The number of H-pyrrole nitrogens is 1. The number of hydrogen-bond acceptors (Lipinski definition) is 4. The molecule has 0 atom stereocenters. The number of amides is 1. The minimum absolute atomic E-state index is 0.0640. The third-order valence-corrected chi connectivity index (χ3v) is 4.07. The average Bonchev–Trinajstić information content (AvgIpc) is 3.04. The zero-order valence-corrected chi connectivity index (χ0v) is 13.4. The summed E-state index contributed by atoms with van der Waals surface area (Å²) in [5.74, 6) is -0.229. The minimum Gasteiger partial charge on any atom is -0.337 e. The van der Waals surface area contributed by atoms with Crippen LogP contribution in [0.2, 0.25) is 5.02 Å². The number of aromatic nitrogens is 2. The van der Waals surface area contributed by atoms with Crippen LogP contribution >= 0.6 is 11.6 Å². The summed E-state index contributed by atoms with van der Waals surface area (Å²) in [5, 5.41) is 18.9. The highest BCUT2D eigenvalue weighted by Crippen LogP contribution is 2.24. The van der Waals surface area contributed by atoms with E-state index in [0.29, 0.717) is 21.7 Å². The van der Waals surface area contributed by atoms with Gasteiger partial charge in [0.25, 0.3) is 11.6 Å². The van der Waals surface area contributed by atoms with Gasteiger partial charge in [0.15, 0.2) is 0 Å². The van der Waals surface area contributed by atoms with Gasteiger partial charge in [0.2, 0.25) is 0 Å². The number of fused-ring (bicyclic) bond motifs is 1. The molecule has 24 heavy (non-hydrogen) atoms. The molecule has 7 nitrogen and oxygen atoms in total. The molecule has 3 rings (SSSR count). The van der Waals surface area contributed by atoms with Crippen LogP contribution in [0.15, 0.2) is 42.6 Å². The van der Waals surface area contributed by atoms with E-state index in [0.717, 1.165) is 5.39 Å². The van der Waals surface area contributed by atoms with Crippen LogP contribution in [0.25, 0.3) is 10.9 Å². The van der Waals surface area contributed by atoms with E-state index in [9.17, 15) is 14.9 Å².